The lowest BCUT2D eigenvalue weighted by Crippen LogP contribution is -2.26. The molecule has 0 fully saturated rings. The standard InChI is InChI=1S/C8H14N4O2/c1-6-7(11-12-10-6)8(13)9-4-3-5-14-2/h3-5H2,1-2H3,(H,9,13)(H,10,11,12). The highest BCUT2D eigenvalue weighted by Gasteiger charge is 2.11. The zero-order valence-electron chi connectivity index (χ0n) is 8.33. The summed E-state index contributed by atoms with van der Waals surface area (Å²) in [6.07, 6.45) is 0.791. The van der Waals surface area contributed by atoms with Gasteiger partial charge < -0.3 is 10.1 Å². The summed E-state index contributed by atoms with van der Waals surface area (Å²) >= 11 is 0. The fourth-order valence-corrected chi connectivity index (χ4v) is 1.00. The Morgan fingerprint density at radius 2 is 2.36 bits per heavy atom. The normalized spacial score (nSPS) is 10.1. The van der Waals surface area contributed by atoms with Crippen LogP contribution in [-0.2, 0) is 4.74 Å². The molecule has 6 nitrogen and oxygen atoms in total. The number of carbonyl (C=O) groups is 1. The average Bonchev–Trinajstić information content (AvgIpc) is 2.59. The van der Waals surface area contributed by atoms with E-state index in [4.69, 9.17) is 4.74 Å². The second-order valence-electron chi connectivity index (χ2n) is 2.86. The molecular weight excluding hydrogens is 184 g/mol. The van der Waals surface area contributed by atoms with Gasteiger partial charge in [-0.3, -0.25) is 4.79 Å². The Morgan fingerprint density at radius 1 is 1.57 bits per heavy atom. The van der Waals surface area contributed by atoms with Crippen LogP contribution in [0.2, 0.25) is 0 Å². The van der Waals surface area contributed by atoms with Crippen molar-refractivity contribution < 1.29 is 9.53 Å². The van der Waals surface area contributed by atoms with E-state index in [9.17, 15) is 4.79 Å². The number of nitrogens with one attached hydrogen (secondary N) is 2. The number of nitrogens with zero attached hydrogens (tertiary/aromatic N) is 2. The summed E-state index contributed by atoms with van der Waals surface area (Å²) in [4.78, 5) is 11.4. The van der Waals surface area contributed by atoms with Crippen molar-refractivity contribution in [3.63, 3.8) is 0 Å². The molecule has 0 atom stereocenters. The van der Waals surface area contributed by atoms with Crippen molar-refractivity contribution in [3.05, 3.63) is 11.4 Å². The van der Waals surface area contributed by atoms with Crippen molar-refractivity contribution in [3.8, 4) is 0 Å². The van der Waals surface area contributed by atoms with E-state index in [1.807, 2.05) is 0 Å². The van der Waals surface area contributed by atoms with Gasteiger partial charge >= 0.3 is 0 Å². The first-order chi connectivity index (χ1) is 6.75. The Balaban J connectivity index is 2.32. The number of amides is 1. The van der Waals surface area contributed by atoms with Crippen molar-refractivity contribution in [2.45, 2.75) is 13.3 Å². The van der Waals surface area contributed by atoms with Crippen LogP contribution < -0.4 is 5.32 Å². The fraction of sp³-hybridized carbons (Fsp3) is 0.625. The Kier molecular flexibility index (Phi) is 4.06. The Bertz CT molecular complexity index is 297. The predicted octanol–water partition coefficient (Wildman–Crippen LogP) is -0.121. The van der Waals surface area contributed by atoms with Crippen LogP contribution in [0.4, 0.5) is 0 Å². The third kappa shape index (κ3) is 2.81. The molecule has 1 amide bonds. The maximum absolute atomic E-state index is 11.4. The topological polar surface area (TPSA) is 79.9 Å². The molecular formula is C8H14N4O2. The summed E-state index contributed by atoms with van der Waals surface area (Å²) in [6.45, 7) is 2.95. The van der Waals surface area contributed by atoms with Crippen molar-refractivity contribution in [1.29, 1.82) is 0 Å². The van der Waals surface area contributed by atoms with Gasteiger partial charge in [-0.25, -0.2) is 0 Å². The van der Waals surface area contributed by atoms with E-state index in [1.165, 1.54) is 0 Å². The van der Waals surface area contributed by atoms with Crippen LogP contribution in [0.5, 0.6) is 0 Å². The molecule has 0 radical (unpaired) electrons. The molecule has 14 heavy (non-hydrogen) atoms. The number of hydrogen-bond donors (Lipinski definition) is 2. The van der Waals surface area contributed by atoms with E-state index >= 15 is 0 Å². The van der Waals surface area contributed by atoms with Gasteiger partial charge in [0.2, 0.25) is 0 Å². The molecule has 0 spiro atoms. The predicted molar refractivity (Wildman–Crippen MR) is 49.9 cm³/mol. The van der Waals surface area contributed by atoms with Crippen LogP contribution in [0, 0.1) is 6.92 Å². The third-order valence-corrected chi connectivity index (χ3v) is 1.75. The van der Waals surface area contributed by atoms with Gasteiger partial charge in [0, 0.05) is 20.3 Å². The van der Waals surface area contributed by atoms with E-state index in [-0.39, 0.29) is 5.91 Å². The van der Waals surface area contributed by atoms with E-state index < -0.39 is 0 Å². The first-order valence-corrected chi connectivity index (χ1v) is 4.40. The zero-order valence-corrected chi connectivity index (χ0v) is 8.33. The molecule has 0 aliphatic carbocycles. The lowest BCUT2D eigenvalue weighted by atomic mass is 10.3. The summed E-state index contributed by atoms with van der Waals surface area (Å²) in [5, 5.41) is 12.6. The summed E-state index contributed by atoms with van der Waals surface area (Å²) in [5.41, 5.74) is 0.955. The summed E-state index contributed by atoms with van der Waals surface area (Å²) in [6, 6.07) is 0. The number of rotatable bonds is 5. The molecule has 0 saturated carbocycles. The minimum atomic E-state index is -0.202. The maximum Gasteiger partial charge on any atom is 0.273 e. The van der Waals surface area contributed by atoms with Gasteiger partial charge in [0.15, 0.2) is 5.69 Å². The summed E-state index contributed by atoms with van der Waals surface area (Å²) in [5.74, 6) is -0.202. The highest BCUT2D eigenvalue weighted by Crippen LogP contribution is 1.97. The number of ether oxygens (including phenoxy) is 1. The number of aromatic nitrogens is 3. The van der Waals surface area contributed by atoms with Crippen molar-refractivity contribution in [2.24, 2.45) is 0 Å². The molecule has 0 unspecified atom stereocenters. The average molecular weight is 198 g/mol. The van der Waals surface area contributed by atoms with Crippen LogP contribution >= 0.6 is 0 Å². The minimum absolute atomic E-state index is 0.202. The van der Waals surface area contributed by atoms with Gasteiger partial charge in [-0.1, -0.05) is 0 Å². The van der Waals surface area contributed by atoms with Gasteiger partial charge in [0.05, 0.1) is 5.69 Å². The van der Waals surface area contributed by atoms with Crippen molar-refractivity contribution in [2.75, 3.05) is 20.3 Å². The minimum Gasteiger partial charge on any atom is -0.385 e. The third-order valence-electron chi connectivity index (χ3n) is 1.75. The molecule has 1 rings (SSSR count). The lowest BCUT2D eigenvalue weighted by molar-refractivity contribution is 0.0943. The summed E-state index contributed by atoms with van der Waals surface area (Å²) in [7, 11) is 1.63. The van der Waals surface area contributed by atoms with E-state index in [0.717, 1.165) is 6.42 Å². The Labute approximate surface area is 82.0 Å². The largest absolute Gasteiger partial charge is 0.385 e. The molecule has 0 aliphatic rings. The monoisotopic (exact) mass is 198 g/mol. The molecule has 1 aromatic heterocycles. The molecule has 0 bridgehead atoms. The zero-order chi connectivity index (χ0) is 10.4. The maximum atomic E-state index is 11.4. The second kappa shape index (κ2) is 5.33. The Hall–Kier alpha value is -1.43. The number of aromatic amines is 1. The smallest absolute Gasteiger partial charge is 0.273 e. The number of carbonyl (C=O) groups excluding carboxylic acids is 1. The summed E-state index contributed by atoms with van der Waals surface area (Å²) < 4.78 is 4.85. The van der Waals surface area contributed by atoms with Crippen LogP contribution in [0.15, 0.2) is 0 Å². The first-order valence-electron chi connectivity index (χ1n) is 4.40. The highest BCUT2D eigenvalue weighted by atomic mass is 16.5. The van der Waals surface area contributed by atoms with Crippen LogP contribution in [0.3, 0.4) is 0 Å². The number of methoxy groups -OCH3 is 1. The van der Waals surface area contributed by atoms with Crippen molar-refractivity contribution >= 4 is 5.91 Å². The fourth-order valence-electron chi connectivity index (χ4n) is 1.00. The van der Waals surface area contributed by atoms with Crippen LogP contribution in [-0.4, -0.2) is 41.6 Å². The van der Waals surface area contributed by atoms with E-state index in [0.29, 0.717) is 24.5 Å². The number of H-pyrrole nitrogens is 1. The number of hydrogen-bond acceptors (Lipinski definition) is 4. The Morgan fingerprint density at radius 3 is 2.93 bits per heavy atom. The molecule has 78 valence electrons. The van der Waals surface area contributed by atoms with E-state index in [1.54, 1.807) is 14.0 Å². The molecule has 1 aromatic rings. The SMILES string of the molecule is COCCCNC(=O)c1n[nH]nc1C. The number of aryl methyl sites for hydroxylation is 1. The second-order valence-corrected chi connectivity index (χ2v) is 2.86. The molecule has 0 saturated heterocycles. The molecule has 1 heterocycles. The quantitative estimate of drug-likeness (QED) is 0.646. The van der Waals surface area contributed by atoms with Gasteiger partial charge in [0.1, 0.15) is 0 Å². The van der Waals surface area contributed by atoms with Crippen LogP contribution in [0.1, 0.15) is 22.6 Å². The molecule has 6 heteroatoms. The molecule has 0 aromatic carbocycles. The lowest BCUT2D eigenvalue weighted by Gasteiger charge is -2.02. The molecule has 2 N–H and O–H groups in total. The van der Waals surface area contributed by atoms with Crippen LogP contribution in [0.25, 0.3) is 0 Å². The van der Waals surface area contributed by atoms with Gasteiger partial charge in [-0.15, -0.1) is 0 Å². The van der Waals surface area contributed by atoms with Gasteiger partial charge in [-0.2, -0.15) is 15.4 Å². The van der Waals surface area contributed by atoms with Gasteiger partial charge in [-0.05, 0) is 13.3 Å². The molecule has 0 aliphatic heterocycles. The van der Waals surface area contributed by atoms with E-state index in [2.05, 4.69) is 20.7 Å². The van der Waals surface area contributed by atoms with Crippen molar-refractivity contribution in [1.82, 2.24) is 20.7 Å². The van der Waals surface area contributed by atoms with Gasteiger partial charge in [0.25, 0.3) is 5.91 Å². The first kappa shape index (κ1) is 10.6. The highest BCUT2D eigenvalue weighted by molar-refractivity contribution is 5.92.